The molecule has 3 rings (SSSR count). The highest BCUT2D eigenvalue weighted by Crippen LogP contribution is 2.48. The molecule has 0 radical (unpaired) electrons. The van der Waals surface area contributed by atoms with Crippen LogP contribution in [0.2, 0.25) is 0 Å². The van der Waals surface area contributed by atoms with E-state index < -0.39 is 0 Å². The smallest absolute Gasteiger partial charge is 0.224 e. The highest BCUT2D eigenvalue weighted by atomic mass is 79.9. The number of rotatable bonds is 5. The van der Waals surface area contributed by atoms with Crippen LogP contribution in [0.15, 0.2) is 46.9 Å². The summed E-state index contributed by atoms with van der Waals surface area (Å²) in [6, 6.07) is 14.2. The van der Waals surface area contributed by atoms with E-state index in [4.69, 9.17) is 4.74 Å². The second-order valence-electron chi connectivity index (χ2n) is 6.48. The van der Waals surface area contributed by atoms with Gasteiger partial charge >= 0.3 is 0 Å². The molecule has 1 amide bonds. The molecule has 2 aromatic rings. The van der Waals surface area contributed by atoms with Crippen LogP contribution in [0.3, 0.4) is 0 Å². The summed E-state index contributed by atoms with van der Waals surface area (Å²) >= 11 is 3.49. The Bertz CT molecular complexity index is 759. The van der Waals surface area contributed by atoms with Gasteiger partial charge in [-0.25, -0.2) is 0 Å². The molecule has 0 bridgehead atoms. The van der Waals surface area contributed by atoms with Crippen molar-refractivity contribution < 1.29 is 9.53 Å². The lowest BCUT2D eigenvalue weighted by atomic mass is 10.0. The molecular weight excluding hydrogens is 366 g/mol. The Morgan fingerprint density at radius 1 is 1.29 bits per heavy atom. The number of carbonyl (C=O) groups excluding carboxylic acids is 1. The average Bonchev–Trinajstić information content (AvgIpc) is 3.35. The van der Waals surface area contributed by atoms with Crippen molar-refractivity contribution in [3.63, 3.8) is 0 Å². The molecule has 0 heterocycles. The van der Waals surface area contributed by atoms with E-state index in [2.05, 4.69) is 39.4 Å². The van der Waals surface area contributed by atoms with E-state index in [1.165, 1.54) is 5.56 Å². The minimum absolute atomic E-state index is 0.0672. The number of hydrogen-bond acceptors (Lipinski definition) is 2. The molecule has 3 atom stereocenters. The van der Waals surface area contributed by atoms with E-state index in [0.717, 1.165) is 27.8 Å². The lowest BCUT2D eigenvalue weighted by Gasteiger charge is -2.18. The first kappa shape index (κ1) is 17.0. The topological polar surface area (TPSA) is 38.3 Å². The predicted octanol–water partition coefficient (Wildman–Crippen LogP) is 4.75. The van der Waals surface area contributed by atoms with Gasteiger partial charge in [0.1, 0.15) is 5.75 Å². The highest BCUT2D eigenvalue weighted by Gasteiger charge is 2.44. The first-order chi connectivity index (χ1) is 11.5. The monoisotopic (exact) mass is 387 g/mol. The number of methoxy groups -OCH3 is 1. The van der Waals surface area contributed by atoms with E-state index in [1.807, 2.05) is 38.1 Å². The van der Waals surface area contributed by atoms with Crippen molar-refractivity contribution in [3.8, 4) is 5.75 Å². The SMILES string of the molecule is COc1ccc(C)cc1C(C)NC(=O)C1CC1c1cccc(Br)c1. The quantitative estimate of drug-likeness (QED) is 0.803. The minimum atomic E-state index is -0.0730. The van der Waals surface area contributed by atoms with Gasteiger partial charge in [-0.3, -0.25) is 4.79 Å². The first-order valence-electron chi connectivity index (χ1n) is 8.20. The molecule has 0 saturated heterocycles. The van der Waals surface area contributed by atoms with Gasteiger partial charge in [0.05, 0.1) is 13.2 Å². The lowest BCUT2D eigenvalue weighted by molar-refractivity contribution is -0.123. The zero-order chi connectivity index (χ0) is 17.3. The van der Waals surface area contributed by atoms with Gasteiger partial charge in [0, 0.05) is 16.0 Å². The summed E-state index contributed by atoms with van der Waals surface area (Å²) in [5.74, 6) is 1.33. The number of nitrogens with one attached hydrogen (secondary N) is 1. The zero-order valence-corrected chi connectivity index (χ0v) is 15.8. The van der Waals surface area contributed by atoms with Gasteiger partial charge < -0.3 is 10.1 Å². The summed E-state index contributed by atoms with van der Waals surface area (Å²) in [5.41, 5.74) is 3.40. The van der Waals surface area contributed by atoms with Crippen LogP contribution in [0, 0.1) is 12.8 Å². The molecule has 1 fully saturated rings. The molecule has 1 N–H and O–H groups in total. The summed E-state index contributed by atoms with van der Waals surface area (Å²) in [4.78, 5) is 12.6. The largest absolute Gasteiger partial charge is 0.496 e. The predicted molar refractivity (Wildman–Crippen MR) is 99.3 cm³/mol. The molecule has 3 unspecified atom stereocenters. The second kappa shape index (κ2) is 6.98. The zero-order valence-electron chi connectivity index (χ0n) is 14.2. The van der Waals surface area contributed by atoms with Gasteiger partial charge in [-0.1, -0.05) is 45.8 Å². The Labute approximate surface area is 151 Å². The Kier molecular flexibility index (Phi) is 4.95. The molecular formula is C20H22BrNO2. The van der Waals surface area contributed by atoms with Crippen molar-refractivity contribution in [1.82, 2.24) is 5.32 Å². The third-order valence-corrected chi connectivity index (χ3v) is 5.11. The van der Waals surface area contributed by atoms with E-state index in [0.29, 0.717) is 5.92 Å². The fraction of sp³-hybridized carbons (Fsp3) is 0.350. The molecule has 4 heteroatoms. The maximum Gasteiger partial charge on any atom is 0.224 e. The summed E-state index contributed by atoms with van der Waals surface area (Å²) in [5, 5.41) is 3.14. The van der Waals surface area contributed by atoms with Crippen LogP contribution in [-0.4, -0.2) is 13.0 Å². The summed E-state index contributed by atoms with van der Waals surface area (Å²) in [6.07, 6.45) is 0.917. The van der Waals surface area contributed by atoms with Crippen LogP contribution >= 0.6 is 15.9 Å². The Hall–Kier alpha value is -1.81. The van der Waals surface area contributed by atoms with Gasteiger partial charge in [-0.15, -0.1) is 0 Å². The van der Waals surface area contributed by atoms with Crippen molar-refractivity contribution in [2.24, 2.45) is 5.92 Å². The number of carbonyl (C=O) groups is 1. The van der Waals surface area contributed by atoms with Crippen molar-refractivity contribution in [2.75, 3.05) is 7.11 Å². The molecule has 1 saturated carbocycles. The number of amides is 1. The molecule has 0 aliphatic heterocycles. The van der Waals surface area contributed by atoms with Gasteiger partial charge in [0.2, 0.25) is 5.91 Å². The van der Waals surface area contributed by atoms with Gasteiger partial charge in [-0.05, 0) is 49.9 Å². The Morgan fingerprint density at radius 3 is 2.79 bits per heavy atom. The number of halogens is 1. The van der Waals surface area contributed by atoms with Gasteiger partial charge in [0.15, 0.2) is 0 Å². The highest BCUT2D eigenvalue weighted by molar-refractivity contribution is 9.10. The fourth-order valence-corrected chi connectivity index (χ4v) is 3.60. The van der Waals surface area contributed by atoms with Crippen molar-refractivity contribution in [2.45, 2.75) is 32.2 Å². The molecule has 2 aromatic carbocycles. The number of ether oxygens (including phenoxy) is 1. The van der Waals surface area contributed by atoms with Crippen LogP contribution in [0.5, 0.6) is 5.75 Å². The summed E-state index contributed by atoms with van der Waals surface area (Å²) in [6.45, 7) is 4.05. The average molecular weight is 388 g/mol. The molecule has 24 heavy (non-hydrogen) atoms. The van der Waals surface area contributed by atoms with Gasteiger partial charge in [0.25, 0.3) is 0 Å². The standard InChI is InChI=1S/C20H22BrNO2/c1-12-7-8-19(24-3)16(9-12)13(2)22-20(23)18-11-17(18)14-5-4-6-15(21)10-14/h4-10,13,17-18H,11H2,1-3H3,(H,22,23). The van der Waals surface area contributed by atoms with E-state index in [1.54, 1.807) is 7.11 Å². The maximum atomic E-state index is 12.6. The Morgan fingerprint density at radius 2 is 2.08 bits per heavy atom. The second-order valence-corrected chi connectivity index (χ2v) is 7.40. The molecule has 1 aliphatic rings. The molecule has 0 spiro atoms. The maximum absolute atomic E-state index is 12.6. The molecule has 0 aromatic heterocycles. The number of benzene rings is 2. The van der Waals surface area contributed by atoms with Crippen LogP contribution in [-0.2, 0) is 4.79 Å². The minimum Gasteiger partial charge on any atom is -0.496 e. The number of hydrogen-bond donors (Lipinski definition) is 1. The summed E-state index contributed by atoms with van der Waals surface area (Å²) < 4.78 is 6.49. The van der Waals surface area contributed by atoms with Crippen molar-refractivity contribution in [3.05, 3.63) is 63.6 Å². The van der Waals surface area contributed by atoms with E-state index >= 15 is 0 Å². The van der Waals surface area contributed by atoms with Crippen molar-refractivity contribution in [1.29, 1.82) is 0 Å². The third-order valence-electron chi connectivity index (χ3n) is 4.61. The van der Waals surface area contributed by atoms with Crippen molar-refractivity contribution >= 4 is 21.8 Å². The van der Waals surface area contributed by atoms with E-state index in [9.17, 15) is 4.79 Å². The molecule has 126 valence electrons. The van der Waals surface area contributed by atoms with Crippen LogP contribution in [0.25, 0.3) is 0 Å². The van der Waals surface area contributed by atoms with Crippen LogP contribution < -0.4 is 10.1 Å². The summed E-state index contributed by atoms with van der Waals surface area (Å²) in [7, 11) is 1.66. The fourth-order valence-electron chi connectivity index (χ4n) is 3.18. The first-order valence-corrected chi connectivity index (χ1v) is 8.99. The number of aryl methyl sites for hydroxylation is 1. The molecule has 1 aliphatic carbocycles. The molecule has 3 nitrogen and oxygen atoms in total. The lowest BCUT2D eigenvalue weighted by Crippen LogP contribution is -2.28. The van der Waals surface area contributed by atoms with Gasteiger partial charge in [-0.2, -0.15) is 0 Å². The van der Waals surface area contributed by atoms with E-state index in [-0.39, 0.29) is 17.9 Å². The van der Waals surface area contributed by atoms with Crippen LogP contribution in [0.1, 0.15) is 42.0 Å². The Balaban J connectivity index is 1.67. The third kappa shape index (κ3) is 3.64. The van der Waals surface area contributed by atoms with Crippen LogP contribution in [0.4, 0.5) is 0 Å². The normalized spacial score (nSPS) is 20.3.